The van der Waals surface area contributed by atoms with Crippen LogP contribution in [-0.2, 0) is 17.1 Å². The first-order chi connectivity index (χ1) is 12.7. The van der Waals surface area contributed by atoms with Gasteiger partial charge in [-0.1, -0.05) is 42.1 Å². The van der Waals surface area contributed by atoms with Gasteiger partial charge in [0.1, 0.15) is 11.6 Å². The second-order valence-electron chi connectivity index (χ2n) is 5.88. The van der Waals surface area contributed by atoms with Gasteiger partial charge in [-0.15, -0.1) is 0 Å². The van der Waals surface area contributed by atoms with Crippen LogP contribution in [0.25, 0.3) is 0 Å². The Morgan fingerprint density at radius 3 is 2.73 bits per heavy atom. The highest BCUT2D eigenvalue weighted by molar-refractivity contribution is 7.98. The predicted octanol–water partition coefficient (Wildman–Crippen LogP) is 4.36. The summed E-state index contributed by atoms with van der Waals surface area (Å²) in [5.74, 6) is 0.716. The van der Waals surface area contributed by atoms with E-state index in [0.717, 1.165) is 10.3 Å². The monoisotopic (exact) mass is 369 g/mol. The summed E-state index contributed by atoms with van der Waals surface area (Å²) < 4.78 is 26.6. The minimum Gasteiger partial charge on any atom is -0.618 e. The van der Waals surface area contributed by atoms with Crippen molar-refractivity contribution in [3.63, 3.8) is 0 Å². The van der Waals surface area contributed by atoms with Gasteiger partial charge in [0, 0.05) is 34.6 Å². The van der Waals surface area contributed by atoms with Crippen molar-refractivity contribution in [2.75, 3.05) is 0 Å². The van der Waals surface area contributed by atoms with Crippen molar-refractivity contribution in [1.82, 2.24) is 0 Å². The number of hydrogen-bond acceptors (Lipinski definition) is 4. The molecule has 0 aliphatic carbocycles. The summed E-state index contributed by atoms with van der Waals surface area (Å²) in [5, 5.41) is 12.4. The number of pyridine rings is 1. The van der Waals surface area contributed by atoms with Gasteiger partial charge >= 0.3 is 0 Å². The van der Waals surface area contributed by atoms with Crippen molar-refractivity contribution in [2.24, 2.45) is 0 Å². The number of halogens is 1. The number of benzene rings is 2. The Hall–Kier alpha value is -2.57. The fraction of sp³-hybridized carbons (Fsp3) is 0.150. The summed E-state index contributed by atoms with van der Waals surface area (Å²) in [4.78, 5) is 0. The first-order valence-corrected chi connectivity index (χ1v) is 9.15. The molecule has 0 radical (unpaired) electrons. The maximum absolute atomic E-state index is 14.0. The summed E-state index contributed by atoms with van der Waals surface area (Å²) in [7, 11) is 0. The van der Waals surface area contributed by atoms with Crippen molar-refractivity contribution < 1.29 is 18.6 Å². The number of aromatic nitrogens is 1. The van der Waals surface area contributed by atoms with Crippen LogP contribution in [-0.4, -0.2) is 0 Å². The molecule has 1 unspecified atom stereocenters. The molecule has 1 aliphatic rings. The van der Waals surface area contributed by atoms with Crippen LogP contribution in [0, 0.1) is 11.0 Å². The molecule has 0 fully saturated rings. The maximum Gasteiger partial charge on any atom is 0.251 e. The van der Waals surface area contributed by atoms with E-state index in [9.17, 15) is 9.60 Å². The van der Waals surface area contributed by atoms with E-state index in [2.05, 4.69) is 0 Å². The number of thioether (sulfide) groups is 1. The van der Waals surface area contributed by atoms with E-state index in [1.807, 2.05) is 30.3 Å². The highest BCUT2D eigenvalue weighted by atomic mass is 32.2. The minimum absolute atomic E-state index is 0.275. The Morgan fingerprint density at radius 2 is 1.92 bits per heavy atom. The van der Waals surface area contributed by atoms with Gasteiger partial charge in [-0.05, 0) is 18.2 Å². The SMILES string of the molecule is [O-][n+]1ccccc1SCc1cc(F)cc2c1OC(c1ccccc1)OC2. The molecule has 6 heteroatoms. The second kappa shape index (κ2) is 7.35. The van der Waals surface area contributed by atoms with E-state index in [1.165, 1.54) is 30.1 Å². The van der Waals surface area contributed by atoms with E-state index in [0.29, 0.717) is 27.7 Å². The van der Waals surface area contributed by atoms with Crippen LogP contribution >= 0.6 is 11.8 Å². The molecule has 0 spiro atoms. The molecule has 2 heterocycles. The average molecular weight is 369 g/mol. The zero-order chi connectivity index (χ0) is 17.9. The quantitative estimate of drug-likeness (QED) is 0.389. The van der Waals surface area contributed by atoms with Crippen molar-refractivity contribution in [2.45, 2.75) is 23.7 Å². The van der Waals surface area contributed by atoms with Crippen molar-refractivity contribution in [1.29, 1.82) is 0 Å². The van der Waals surface area contributed by atoms with E-state index >= 15 is 0 Å². The van der Waals surface area contributed by atoms with Crippen LogP contribution < -0.4 is 9.47 Å². The van der Waals surface area contributed by atoms with Crippen molar-refractivity contribution in [3.8, 4) is 5.75 Å². The number of rotatable bonds is 4. The molecular weight excluding hydrogens is 353 g/mol. The van der Waals surface area contributed by atoms with Gasteiger partial charge in [-0.25, -0.2) is 4.39 Å². The van der Waals surface area contributed by atoms with E-state index in [-0.39, 0.29) is 12.4 Å². The molecule has 3 aromatic rings. The molecular formula is C20H16FNO3S. The number of ether oxygens (including phenoxy) is 2. The normalized spacial score (nSPS) is 16.0. The highest BCUT2D eigenvalue weighted by Crippen LogP contribution is 2.38. The topological polar surface area (TPSA) is 45.4 Å². The van der Waals surface area contributed by atoms with Crippen LogP contribution in [0.1, 0.15) is 23.0 Å². The number of nitrogens with zero attached hydrogens (tertiary/aromatic N) is 1. The fourth-order valence-electron chi connectivity index (χ4n) is 2.83. The van der Waals surface area contributed by atoms with Crippen molar-refractivity contribution in [3.05, 3.63) is 94.6 Å². The van der Waals surface area contributed by atoms with Gasteiger partial charge < -0.3 is 14.7 Å². The molecule has 26 heavy (non-hydrogen) atoms. The summed E-state index contributed by atoms with van der Waals surface area (Å²) >= 11 is 1.34. The van der Waals surface area contributed by atoms with Gasteiger partial charge in [0.05, 0.1) is 6.61 Å². The van der Waals surface area contributed by atoms with Gasteiger partial charge in [0.25, 0.3) is 5.03 Å². The van der Waals surface area contributed by atoms with Crippen LogP contribution in [0.5, 0.6) is 5.75 Å². The molecule has 1 aliphatic heterocycles. The molecule has 132 valence electrons. The fourth-order valence-corrected chi connectivity index (χ4v) is 3.72. The van der Waals surface area contributed by atoms with Gasteiger partial charge in [0.2, 0.25) is 6.29 Å². The molecule has 0 N–H and O–H groups in total. The van der Waals surface area contributed by atoms with Gasteiger partial charge in [0.15, 0.2) is 6.20 Å². The van der Waals surface area contributed by atoms with Crippen LogP contribution in [0.3, 0.4) is 0 Å². The van der Waals surface area contributed by atoms with Crippen LogP contribution in [0.15, 0.2) is 71.9 Å². The second-order valence-corrected chi connectivity index (χ2v) is 6.87. The number of hydrogen-bond donors (Lipinski definition) is 0. The van der Waals surface area contributed by atoms with Gasteiger partial charge in [-0.2, -0.15) is 4.73 Å². The minimum atomic E-state index is -0.529. The van der Waals surface area contributed by atoms with Crippen LogP contribution in [0.4, 0.5) is 4.39 Å². The molecule has 4 rings (SSSR count). The maximum atomic E-state index is 14.0. The Bertz CT molecular complexity index is 920. The number of fused-ring (bicyclic) bond motifs is 1. The molecule has 2 aromatic carbocycles. The largest absolute Gasteiger partial charge is 0.618 e. The summed E-state index contributed by atoms with van der Waals surface area (Å²) in [6.07, 6.45) is 0.915. The first-order valence-electron chi connectivity index (χ1n) is 8.16. The third-order valence-electron chi connectivity index (χ3n) is 4.06. The first kappa shape index (κ1) is 16.9. The Morgan fingerprint density at radius 1 is 1.12 bits per heavy atom. The molecule has 1 aromatic heterocycles. The average Bonchev–Trinajstić information content (AvgIpc) is 2.67. The third-order valence-corrected chi connectivity index (χ3v) is 5.13. The van der Waals surface area contributed by atoms with Crippen LogP contribution in [0.2, 0.25) is 0 Å². The lowest BCUT2D eigenvalue weighted by Gasteiger charge is -2.28. The third kappa shape index (κ3) is 3.52. The molecule has 0 amide bonds. The van der Waals surface area contributed by atoms with Gasteiger partial charge in [-0.3, -0.25) is 0 Å². The summed E-state index contributed by atoms with van der Waals surface area (Å²) in [6.45, 7) is 0.275. The summed E-state index contributed by atoms with van der Waals surface area (Å²) in [6, 6.07) is 17.7. The molecule has 4 nitrogen and oxygen atoms in total. The smallest absolute Gasteiger partial charge is 0.251 e. The lowest BCUT2D eigenvalue weighted by atomic mass is 10.1. The zero-order valence-corrected chi connectivity index (χ0v) is 14.6. The molecule has 0 saturated heterocycles. The summed E-state index contributed by atoms with van der Waals surface area (Å²) in [5.41, 5.74) is 2.29. The standard InChI is InChI=1S/C20H16FNO3S/c21-17-10-15-12-24-20(14-6-2-1-3-7-14)25-19(15)16(11-17)13-26-18-8-4-5-9-22(18)23/h1-11,20H,12-13H2. The van der Waals surface area contributed by atoms with E-state index < -0.39 is 6.29 Å². The lowest BCUT2D eigenvalue weighted by Crippen LogP contribution is -2.27. The molecule has 0 saturated carbocycles. The van der Waals surface area contributed by atoms with E-state index in [1.54, 1.807) is 18.2 Å². The Balaban J connectivity index is 1.60. The molecule has 1 atom stereocenters. The highest BCUT2D eigenvalue weighted by Gasteiger charge is 2.25. The Labute approximate surface area is 154 Å². The van der Waals surface area contributed by atoms with Crippen molar-refractivity contribution >= 4 is 11.8 Å². The zero-order valence-electron chi connectivity index (χ0n) is 13.8. The van der Waals surface area contributed by atoms with E-state index in [4.69, 9.17) is 9.47 Å². The Kier molecular flexibility index (Phi) is 4.77. The predicted molar refractivity (Wildman–Crippen MR) is 96.0 cm³/mol. The molecule has 0 bridgehead atoms. The lowest BCUT2D eigenvalue weighted by molar-refractivity contribution is -0.645.